The number of nitrogens with zero attached hydrogens (tertiary/aromatic N) is 1. The molecule has 0 aliphatic rings. The Kier molecular flexibility index (Phi) is 6.20. The van der Waals surface area contributed by atoms with E-state index in [9.17, 15) is 19.7 Å². The van der Waals surface area contributed by atoms with E-state index in [1.54, 1.807) is 24.3 Å². The van der Waals surface area contributed by atoms with Gasteiger partial charge in [-0.25, -0.2) is 0 Å². The summed E-state index contributed by atoms with van der Waals surface area (Å²) in [6.07, 6.45) is 2.86. The van der Waals surface area contributed by atoms with Crippen LogP contribution in [0.1, 0.15) is 16.1 Å². The largest absolute Gasteiger partial charge is 0.459 e. The zero-order valence-electron chi connectivity index (χ0n) is 14.8. The third kappa shape index (κ3) is 5.39. The molecule has 9 heteroatoms. The predicted octanol–water partition coefficient (Wildman–Crippen LogP) is 4.36. The number of benzene rings is 2. The quantitative estimate of drug-likeness (QED) is 0.325. The number of furan rings is 1. The van der Waals surface area contributed by atoms with Crippen LogP contribution < -0.4 is 10.6 Å². The van der Waals surface area contributed by atoms with Crippen LogP contribution in [0.25, 0.3) is 6.08 Å². The van der Waals surface area contributed by atoms with Crippen LogP contribution in [0.3, 0.4) is 0 Å². The fourth-order valence-corrected chi connectivity index (χ4v) is 2.79. The van der Waals surface area contributed by atoms with E-state index >= 15 is 0 Å². The molecule has 0 bridgehead atoms. The number of hydrogen-bond acceptors (Lipinski definition) is 5. The molecule has 146 valence electrons. The lowest BCUT2D eigenvalue weighted by molar-refractivity contribution is -0.384. The number of amides is 2. The highest BCUT2D eigenvalue weighted by Gasteiger charge is 2.17. The van der Waals surface area contributed by atoms with Gasteiger partial charge in [0.05, 0.1) is 11.2 Å². The second-order valence-electron chi connectivity index (χ2n) is 5.80. The van der Waals surface area contributed by atoms with Gasteiger partial charge < -0.3 is 15.1 Å². The maximum Gasteiger partial charge on any atom is 0.291 e. The first kappa shape index (κ1) is 20.0. The first-order chi connectivity index (χ1) is 13.9. The summed E-state index contributed by atoms with van der Waals surface area (Å²) in [6.45, 7) is 0. The minimum absolute atomic E-state index is 0.0251. The highest BCUT2D eigenvalue weighted by atomic mass is 79.9. The average Bonchev–Trinajstić information content (AvgIpc) is 3.23. The van der Waals surface area contributed by atoms with E-state index in [0.29, 0.717) is 11.3 Å². The minimum Gasteiger partial charge on any atom is -0.459 e. The molecule has 0 aliphatic heterocycles. The van der Waals surface area contributed by atoms with Crippen molar-refractivity contribution in [1.82, 2.24) is 5.32 Å². The summed E-state index contributed by atoms with van der Waals surface area (Å²) in [6, 6.07) is 15.5. The molecule has 3 rings (SSSR count). The fourth-order valence-electron chi connectivity index (χ4n) is 2.38. The van der Waals surface area contributed by atoms with Gasteiger partial charge in [0.15, 0.2) is 5.76 Å². The Morgan fingerprint density at radius 1 is 1.07 bits per heavy atom. The van der Waals surface area contributed by atoms with E-state index in [1.807, 2.05) is 6.07 Å². The Bertz CT molecular complexity index is 1080. The van der Waals surface area contributed by atoms with Crippen molar-refractivity contribution in [3.8, 4) is 0 Å². The van der Waals surface area contributed by atoms with Crippen molar-refractivity contribution in [2.24, 2.45) is 0 Å². The van der Waals surface area contributed by atoms with Crippen molar-refractivity contribution >= 4 is 45.2 Å². The van der Waals surface area contributed by atoms with E-state index in [1.165, 1.54) is 42.7 Å². The summed E-state index contributed by atoms with van der Waals surface area (Å²) >= 11 is 3.36. The molecule has 0 aliphatic carbocycles. The number of carbonyl (C=O) groups excluding carboxylic acids is 2. The Labute approximate surface area is 173 Å². The Morgan fingerprint density at radius 2 is 1.83 bits per heavy atom. The molecule has 0 radical (unpaired) electrons. The number of nitrogens with one attached hydrogen (secondary N) is 2. The molecule has 0 saturated heterocycles. The maximum atomic E-state index is 12.8. The molecule has 29 heavy (non-hydrogen) atoms. The van der Waals surface area contributed by atoms with Crippen molar-refractivity contribution in [3.63, 3.8) is 0 Å². The van der Waals surface area contributed by atoms with Gasteiger partial charge in [0, 0.05) is 22.3 Å². The molecular weight excluding hydrogens is 442 g/mol. The molecule has 0 saturated carbocycles. The average molecular weight is 456 g/mol. The van der Waals surface area contributed by atoms with Gasteiger partial charge in [-0.15, -0.1) is 0 Å². The number of rotatable bonds is 6. The second-order valence-corrected chi connectivity index (χ2v) is 6.72. The third-order valence-electron chi connectivity index (χ3n) is 3.73. The molecule has 0 fully saturated rings. The van der Waals surface area contributed by atoms with Crippen LogP contribution in [0.2, 0.25) is 0 Å². The summed E-state index contributed by atoms with van der Waals surface area (Å²) in [7, 11) is 0. The first-order valence-corrected chi connectivity index (χ1v) is 9.09. The molecule has 2 aromatic carbocycles. The molecule has 8 nitrogen and oxygen atoms in total. The molecule has 2 amide bonds. The number of halogens is 1. The van der Waals surface area contributed by atoms with Crippen LogP contribution >= 0.6 is 15.9 Å². The summed E-state index contributed by atoms with van der Waals surface area (Å²) < 4.78 is 5.86. The Morgan fingerprint density at radius 3 is 2.45 bits per heavy atom. The van der Waals surface area contributed by atoms with Crippen molar-refractivity contribution in [1.29, 1.82) is 0 Å². The molecule has 0 spiro atoms. The molecule has 0 atom stereocenters. The van der Waals surface area contributed by atoms with Gasteiger partial charge in [-0.2, -0.15) is 0 Å². The van der Waals surface area contributed by atoms with Crippen molar-refractivity contribution in [2.45, 2.75) is 0 Å². The van der Waals surface area contributed by atoms with Crippen LogP contribution in [-0.4, -0.2) is 16.7 Å². The molecule has 0 unspecified atom stereocenters. The lowest BCUT2D eigenvalue weighted by atomic mass is 10.2. The van der Waals surface area contributed by atoms with Crippen LogP contribution in [0.5, 0.6) is 0 Å². The van der Waals surface area contributed by atoms with Gasteiger partial charge in [-0.05, 0) is 48.0 Å². The number of anilines is 1. The van der Waals surface area contributed by atoms with Crippen LogP contribution in [0.4, 0.5) is 11.4 Å². The van der Waals surface area contributed by atoms with Gasteiger partial charge >= 0.3 is 0 Å². The normalized spacial score (nSPS) is 11.0. The van der Waals surface area contributed by atoms with Crippen LogP contribution in [-0.2, 0) is 4.79 Å². The van der Waals surface area contributed by atoms with E-state index in [0.717, 1.165) is 4.47 Å². The second kappa shape index (κ2) is 8.98. The van der Waals surface area contributed by atoms with E-state index in [-0.39, 0.29) is 17.1 Å². The van der Waals surface area contributed by atoms with Gasteiger partial charge in [0.2, 0.25) is 0 Å². The number of hydrogen-bond donors (Lipinski definition) is 2. The molecule has 1 aromatic heterocycles. The summed E-state index contributed by atoms with van der Waals surface area (Å²) in [5, 5.41) is 15.9. The minimum atomic E-state index is -0.598. The Balaban J connectivity index is 1.85. The monoisotopic (exact) mass is 455 g/mol. The van der Waals surface area contributed by atoms with Crippen LogP contribution in [0, 0.1) is 10.1 Å². The van der Waals surface area contributed by atoms with Crippen molar-refractivity contribution < 1.29 is 18.9 Å². The van der Waals surface area contributed by atoms with Gasteiger partial charge in [-0.3, -0.25) is 19.7 Å². The van der Waals surface area contributed by atoms with E-state index < -0.39 is 16.7 Å². The van der Waals surface area contributed by atoms with E-state index in [2.05, 4.69) is 26.6 Å². The molecule has 2 N–H and O–H groups in total. The van der Waals surface area contributed by atoms with E-state index in [4.69, 9.17) is 4.42 Å². The lowest BCUT2D eigenvalue weighted by Gasteiger charge is -2.10. The highest BCUT2D eigenvalue weighted by molar-refractivity contribution is 9.10. The first-order valence-electron chi connectivity index (χ1n) is 8.30. The summed E-state index contributed by atoms with van der Waals surface area (Å²) in [5.41, 5.74) is 0.892. The number of carbonyl (C=O) groups is 2. The number of non-ortho nitro benzene ring substituents is 1. The molecular formula is C20H14BrN3O5. The van der Waals surface area contributed by atoms with Gasteiger partial charge in [0.25, 0.3) is 17.5 Å². The van der Waals surface area contributed by atoms with Crippen molar-refractivity contribution in [2.75, 3.05) is 5.32 Å². The molecule has 3 aromatic rings. The zero-order chi connectivity index (χ0) is 20.8. The Hall–Kier alpha value is -3.72. The third-order valence-corrected chi connectivity index (χ3v) is 4.23. The summed E-state index contributed by atoms with van der Waals surface area (Å²) in [5.74, 6) is -1.14. The highest BCUT2D eigenvalue weighted by Crippen LogP contribution is 2.18. The fraction of sp³-hybridized carbons (Fsp3) is 0. The zero-order valence-corrected chi connectivity index (χ0v) is 16.4. The summed E-state index contributed by atoms with van der Waals surface area (Å²) in [4.78, 5) is 35.3. The number of nitro benzene ring substituents is 1. The molecule has 1 heterocycles. The predicted molar refractivity (Wildman–Crippen MR) is 110 cm³/mol. The van der Waals surface area contributed by atoms with Gasteiger partial charge in [0.1, 0.15) is 5.70 Å². The topological polar surface area (TPSA) is 114 Å². The number of nitro groups is 1. The van der Waals surface area contributed by atoms with Gasteiger partial charge in [-0.1, -0.05) is 28.1 Å². The standard InChI is InChI=1S/C20H14BrN3O5/c21-14-4-1-3-13(11-14)12-17(23-20(26)18-5-2-10-29-18)19(25)22-15-6-8-16(9-7-15)24(27)28/h1-12H,(H,22,25)(H,23,26)/b17-12-. The SMILES string of the molecule is O=C(Nc1ccc([N+](=O)[O-])cc1)/C(=C/c1cccc(Br)c1)NC(=O)c1ccco1. The lowest BCUT2D eigenvalue weighted by Crippen LogP contribution is -2.30. The van der Waals surface area contributed by atoms with Crippen LogP contribution in [0.15, 0.2) is 81.5 Å². The smallest absolute Gasteiger partial charge is 0.291 e. The van der Waals surface area contributed by atoms with Crippen molar-refractivity contribution in [3.05, 3.63) is 98.5 Å². The maximum absolute atomic E-state index is 12.8.